The van der Waals surface area contributed by atoms with Gasteiger partial charge in [-0.3, -0.25) is 0 Å². The minimum absolute atomic E-state index is 0.180. The molecule has 0 amide bonds. The molecule has 0 aliphatic heterocycles. The molecule has 0 radical (unpaired) electrons. The van der Waals surface area contributed by atoms with Crippen molar-refractivity contribution in [3.8, 4) is 0 Å². The van der Waals surface area contributed by atoms with Crippen LogP contribution in [0, 0.1) is 0 Å². The first-order valence-corrected chi connectivity index (χ1v) is 7.92. The molecule has 1 heterocycles. The van der Waals surface area contributed by atoms with Crippen molar-refractivity contribution >= 4 is 0 Å². The van der Waals surface area contributed by atoms with Crippen LogP contribution in [0.2, 0.25) is 0 Å². The van der Waals surface area contributed by atoms with E-state index in [-0.39, 0.29) is 6.04 Å². The third-order valence-corrected chi connectivity index (χ3v) is 3.86. The van der Waals surface area contributed by atoms with Gasteiger partial charge in [-0.2, -0.15) is 0 Å². The molecule has 0 aromatic carbocycles. The first kappa shape index (κ1) is 15.4. The van der Waals surface area contributed by atoms with Crippen LogP contribution in [0.5, 0.6) is 0 Å². The zero-order chi connectivity index (χ0) is 14.2. The molecule has 0 spiro atoms. The van der Waals surface area contributed by atoms with Crippen LogP contribution in [-0.4, -0.2) is 39.5 Å². The number of nitrogens with zero attached hydrogens (tertiary/aromatic N) is 4. The van der Waals surface area contributed by atoms with Crippen molar-refractivity contribution in [2.75, 3.05) is 13.2 Å². The third-order valence-electron chi connectivity index (χ3n) is 3.86. The second-order valence-electron chi connectivity index (χ2n) is 5.57. The van der Waals surface area contributed by atoms with Crippen molar-refractivity contribution in [2.24, 2.45) is 0 Å². The summed E-state index contributed by atoms with van der Waals surface area (Å²) in [7, 11) is 0. The summed E-state index contributed by atoms with van der Waals surface area (Å²) in [6.45, 7) is 6.66. The average molecular weight is 281 g/mol. The maximum Gasteiger partial charge on any atom is 0.168 e. The summed E-state index contributed by atoms with van der Waals surface area (Å²) in [5, 5.41) is 15.4. The Kier molecular flexibility index (Phi) is 6.39. The minimum Gasteiger partial charge on any atom is -0.376 e. The number of tetrazole rings is 1. The van der Waals surface area contributed by atoms with Crippen molar-refractivity contribution in [2.45, 2.75) is 71.1 Å². The third kappa shape index (κ3) is 4.52. The molecule has 1 saturated carbocycles. The number of rotatable bonds is 8. The van der Waals surface area contributed by atoms with Crippen molar-refractivity contribution in [1.29, 1.82) is 0 Å². The molecule has 6 heteroatoms. The summed E-state index contributed by atoms with van der Waals surface area (Å²) >= 11 is 0. The van der Waals surface area contributed by atoms with Crippen LogP contribution in [0.3, 0.4) is 0 Å². The van der Waals surface area contributed by atoms with E-state index >= 15 is 0 Å². The van der Waals surface area contributed by atoms with Crippen molar-refractivity contribution in [3.05, 3.63) is 5.82 Å². The molecule has 1 aromatic heterocycles. The maximum absolute atomic E-state index is 5.94. The molecular weight excluding hydrogens is 254 g/mol. The highest BCUT2D eigenvalue weighted by molar-refractivity contribution is 4.89. The molecule has 1 N–H and O–H groups in total. The van der Waals surface area contributed by atoms with E-state index in [9.17, 15) is 0 Å². The average Bonchev–Trinajstić information content (AvgIpc) is 2.94. The fourth-order valence-corrected chi connectivity index (χ4v) is 2.67. The molecule has 1 aromatic rings. The van der Waals surface area contributed by atoms with Crippen LogP contribution in [0.4, 0.5) is 0 Å². The van der Waals surface area contributed by atoms with Crippen LogP contribution in [0.15, 0.2) is 0 Å². The van der Waals surface area contributed by atoms with E-state index < -0.39 is 0 Å². The van der Waals surface area contributed by atoms with E-state index in [0.717, 1.165) is 25.3 Å². The van der Waals surface area contributed by atoms with Crippen molar-refractivity contribution < 1.29 is 4.74 Å². The van der Waals surface area contributed by atoms with Crippen LogP contribution < -0.4 is 5.32 Å². The molecule has 1 unspecified atom stereocenters. The minimum atomic E-state index is 0.180. The van der Waals surface area contributed by atoms with E-state index in [2.05, 4.69) is 34.7 Å². The molecule has 0 bridgehead atoms. The summed E-state index contributed by atoms with van der Waals surface area (Å²) in [6, 6.07) is 0.180. The largest absolute Gasteiger partial charge is 0.376 e. The summed E-state index contributed by atoms with van der Waals surface area (Å²) < 4.78 is 7.79. The van der Waals surface area contributed by atoms with Gasteiger partial charge in [-0.1, -0.05) is 26.2 Å². The van der Waals surface area contributed by atoms with E-state index in [1.165, 1.54) is 32.1 Å². The van der Waals surface area contributed by atoms with Gasteiger partial charge in [0.25, 0.3) is 0 Å². The van der Waals surface area contributed by atoms with E-state index in [1.807, 2.05) is 4.68 Å². The Morgan fingerprint density at radius 1 is 1.35 bits per heavy atom. The lowest BCUT2D eigenvalue weighted by molar-refractivity contribution is 0.0222. The first-order chi connectivity index (χ1) is 9.81. The number of ether oxygens (including phenoxy) is 1. The number of aromatic nitrogens is 4. The highest BCUT2D eigenvalue weighted by atomic mass is 16.5. The zero-order valence-electron chi connectivity index (χ0n) is 12.7. The molecule has 1 atom stereocenters. The predicted octanol–water partition coefficient (Wildman–Crippen LogP) is 2.08. The Balaban J connectivity index is 1.76. The highest BCUT2D eigenvalue weighted by Gasteiger charge is 2.16. The quantitative estimate of drug-likeness (QED) is 0.790. The van der Waals surface area contributed by atoms with Gasteiger partial charge in [0, 0.05) is 0 Å². The van der Waals surface area contributed by atoms with E-state index in [4.69, 9.17) is 4.74 Å². The van der Waals surface area contributed by atoms with Crippen LogP contribution >= 0.6 is 0 Å². The molecule has 1 aliphatic carbocycles. The van der Waals surface area contributed by atoms with Crippen LogP contribution in [-0.2, 0) is 11.3 Å². The van der Waals surface area contributed by atoms with Crippen LogP contribution in [0.25, 0.3) is 0 Å². The summed E-state index contributed by atoms with van der Waals surface area (Å²) in [5.41, 5.74) is 0. The molecule has 2 rings (SSSR count). The Bertz CT molecular complexity index is 375. The van der Waals surface area contributed by atoms with Gasteiger partial charge in [0.05, 0.1) is 25.3 Å². The fourth-order valence-electron chi connectivity index (χ4n) is 2.67. The van der Waals surface area contributed by atoms with Crippen molar-refractivity contribution in [1.82, 2.24) is 25.5 Å². The Hall–Kier alpha value is -1.01. The topological polar surface area (TPSA) is 64.9 Å². The monoisotopic (exact) mass is 281 g/mol. The SMILES string of the molecule is CCCNC(C)c1nnnn1CCOC1CCCCC1. The summed E-state index contributed by atoms with van der Waals surface area (Å²) in [4.78, 5) is 0. The number of hydrogen-bond donors (Lipinski definition) is 1. The summed E-state index contributed by atoms with van der Waals surface area (Å²) in [5.74, 6) is 0.894. The van der Waals surface area contributed by atoms with Gasteiger partial charge in [-0.15, -0.1) is 5.10 Å². The summed E-state index contributed by atoms with van der Waals surface area (Å²) in [6.07, 6.45) is 7.93. The maximum atomic E-state index is 5.94. The fraction of sp³-hybridized carbons (Fsp3) is 0.929. The van der Waals surface area contributed by atoms with Gasteiger partial charge in [-0.05, 0) is 43.2 Å². The van der Waals surface area contributed by atoms with Crippen molar-refractivity contribution in [3.63, 3.8) is 0 Å². The van der Waals surface area contributed by atoms with Gasteiger partial charge in [0.1, 0.15) is 0 Å². The van der Waals surface area contributed by atoms with Gasteiger partial charge < -0.3 is 10.1 Å². The van der Waals surface area contributed by atoms with E-state index in [0.29, 0.717) is 12.7 Å². The Morgan fingerprint density at radius 2 is 2.15 bits per heavy atom. The lowest BCUT2D eigenvalue weighted by Gasteiger charge is -2.22. The first-order valence-electron chi connectivity index (χ1n) is 7.92. The second kappa shape index (κ2) is 8.32. The van der Waals surface area contributed by atoms with Gasteiger partial charge in [0.15, 0.2) is 5.82 Å². The van der Waals surface area contributed by atoms with Gasteiger partial charge >= 0.3 is 0 Å². The van der Waals surface area contributed by atoms with Gasteiger partial charge in [-0.25, -0.2) is 4.68 Å². The lowest BCUT2D eigenvalue weighted by atomic mass is 9.98. The van der Waals surface area contributed by atoms with E-state index in [1.54, 1.807) is 0 Å². The molecular formula is C14H27N5O. The lowest BCUT2D eigenvalue weighted by Crippen LogP contribution is -2.25. The molecule has 1 fully saturated rings. The normalized spacial score (nSPS) is 18.3. The number of hydrogen-bond acceptors (Lipinski definition) is 5. The zero-order valence-corrected chi connectivity index (χ0v) is 12.7. The van der Waals surface area contributed by atoms with Gasteiger partial charge in [0.2, 0.25) is 0 Å². The predicted molar refractivity (Wildman–Crippen MR) is 77.4 cm³/mol. The second-order valence-corrected chi connectivity index (χ2v) is 5.57. The number of nitrogens with one attached hydrogen (secondary N) is 1. The Labute approximate surface area is 121 Å². The molecule has 20 heavy (non-hydrogen) atoms. The molecule has 1 aliphatic rings. The van der Waals surface area contributed by atoms with Crippen LogP contribution in [0.1, 0.15) is 64.2 Å². The highest BCUT2D eigenvalue weighted by Crippen LogP contribution is 2.20. The molecule has 0 saturated heterocycles. The smallest absolute Gasteiger partial charge is 0.168 e. The molecule has 6 nitrogen and oxygen atoms in total. The molecule has 114 valence electrons. The standard InChI is InChI=1S/C14H27N5O/c1-3-9-15-12(2)14-16-17-18-19(14)10-11-20-13-7-5-4-6-8-13/h12-13,15H,3-11H2,1-2H3. The Morgan fingerprint density at radius 3 is 2.90 bits per heavy atom.